The van der Waals surface area contributed by atoms with Crippen molar-refractivity contribution < 1.29 is 43.0 Å². The summed E-state index contributed by atoms with van der Waals surface area (Å²) in [5.41, 5.74) is 0. The molecule has 0 bridgehead atoms. The Labute approximate surface area is 297 Å². The summed E-state index contributed by atoms with van der Waals surface area (Å²) < 4.78 is 10.6. The first-order valence-corrected chi connectivity index (χ1v) is 17.9. The zero-order valence-corrected chi connectivity index (χ0v) is 31.4. The average Bonchev–Trinajstić information content (AvgIpc) is 3.49. The minimum atomic E-state index is -0.277. The molecule has 2 saturated heterocycles. The van der Waals surface area contributed by atoms with Crippen LogP contribution in [-0.4, -0.2) is 123 Å². The minimum absolute atomic E-state index is 0.0457. The molecule has 0 aromatic heterocycles. The lowest BCUT2D eigenvalue weighted by Gasteiger charge is -2.16. The summed E-state index contributed by atoms with van der Waals surface area (Å²) in [5, 5.41) is 11.4. The van der Waals surface area contributed by atoms with Gasteiger partial charge in [-0.2, -0.15) is 0 Å². The van der Waals surface area contributed by atoms with Crippen LogP contribution in [-0.2, 0) is 43.0 Å². The van der Waals surface area contributed by atoms with Gasteiger partial charge in [-0.1, -0.05) is 55.4 Å². The molecule has 7 amide bonds. The molecule has 50 heavy (non-hydrogen) atoms. The number of likely N-dealkylation sites (tertiary alicyclic amines) is 2. The molecule has 2 heterocycles. The number of hydrogen-bond acceptors (Lipinski definition) is 10. The average molecular weight is 711 g/mol. The van der Waals surface area contributed by atoms with Crippen molar-refractivity contribution in [1.82, 2.24) is 31.1 Å². The van der Waals surface area contributed by atoms with Crippen LogP contribution in [0.4, 0.5) is 0 Å². The van der Waals surface area contributed by atoms with Crippen LogP contribution < -0.4 is 21.3 Å². The van der Waals surface area contributed by atoms with Gasteiger partial charge in [0.2, 0.25) is 41.4 Å². The molecule has 0 spiro atoms. The molecule has 2 aliphatic heterocycles. The van der Waals surface area contributed by atoms with Crippen molar-refractivity contribution in [3.05, 3.63) is 0 Å². The fourth-order valence-corrected chi connectivity index (χ4v) is 5.11. The Kier molecular flexibility index (Phi) is 21.3. The van der Waals surface area contributed by atoms with Gasteiger partial charge in [0.1, 0.15) is 6.61 Å². The second kappa shape index (κ2) is 23.9. The summed E-state index contributed by atoms with van der Waals surface area (Å²) in [6.45, 7) is 19.4. The Bertz CT molecular complexity index is 1130. The maximum Gasteiger partial charge on any atom is 0.246 e. The molecule has 15 nitrogen and oxygen atoms in total. The second-order valence-corrected chi connectivity index (χ2v) is 14.0. The lowest BCUT2D eigenvalue weighted by molar-refractivity contribution is -0.142. The van der Waals surface area contributed by atoms with E-state index in [9.17, 15) is 33.6 Å². The lowest BCUT2D eigenvalue weighted by atomic mass is 9.94. The van der Waals surface area contributed by atoms with Gasteiger partial charge >= 0.3 is 0 Å². The van der Waals surface area contributed by atoms with Crippen LogP contribution in [0.1, 0.15) is 81.1 Å². The molecule has 286 valence electrons. The monoisotopic (exact) mass is 710 g/mol. The van der Waals surface area contributed by atoms with Crippen molar-refractivity contribution in [2.75, 3.05) is 65.7 Å². The van der Waals surface area contributed by atoms with E-state index in [2.05, 4.69) is 35.1 Å². The number of imide groups is 2. The molecule has 0 aromatic rings. The van der Waals surface area contributed by atoms with Crippen LogP contribution in [0.5, 0.6) is 0 Å². The lowest BCUT2D eigenvalue weighted by Crippen LogP contribution is -2.36. The highest BCUT2D eigenvalue weighted by Crippen LogP contribution is 2.27. The van der Waals surface area contributed by atoms with Gasteiger partial charge in [-0.25, -0.2) is 0 Å². The predicted molar refractivity (Wildman–Crippen MR) is 187 cm³/mol. The van der Waals surface area contributed by atoms with Crippen LogP contribution in [0.3, 0.4) is 0 Å². The third-order valence-electron chi connectivity index (χ3n) is 8.17. The van der Waals surface area contributed by atoms with Crippen LogP contribution in [0.15, 0.2) is 0 Å². The van der Waals surface area contributed by atoms with E-state index in [-0.39, 0.29) is 124 Å². The van der Waals surface area contributed by atoms with Crippen molar-refractivity contribution in [1.29, 1.82) is 0 Å². The van der Waals surface area contributed by atoms with Gasteiger partial charge in [0.25, 0.3) is 0 Å². The zero-order valence-electron chi connectivity index (χ0n) is 31.4. The van der Waals surface area contributed by atoms with E-state index in [0.717, 1.165) is 6.54 Å². The van der Waals surface area contributed by atoms with E-state index in [1.165, 1.54) is 9.80 Å². The zero-order chi connectivity index (χ0) is 37.8. The van der Waals surface area contributed by atoms with Gasteiger partial charge in [0.15, 0.2) is 0 Å². The third kappa shape index (κ3) is 17.5. The van der Waals surface area contributed by atoms with E-state index in [1.807, 2.05) is 41.5 Å². The maximum atomic E-state index is 12.1. The minimum Gasteiger partial charge on any atom is -0.378 e. The van der Waals surface area contributed by atoms with E-state index in [1.54, 1.807) is 0 Å². The molecule has 4 N–H and O–H groups in total. The third-order valence-corrected chi connectivity index (χ3v) is 8.17. The van der Waals surface area contributed by atoms with Crippen LogP contribution >= 0.6 is 0 Å². The molecule has 2 aliphatic rings. The topological polar surface area (TPSA) is 193 Å². The van der Waals surface area contributed by atoms with Crippen molar-refractivity contribution in [3.8, 4) is 0 Å². The van der Waals surface area contributed by atoms with E-state index < -0.39 is 0 Å². The quantitative estimate of drug-likeness (QED) is 0.0925. The van der Waals surface area contributed by atoms with Gasteiger partial charge in [0.05, 0.1) is 19.8 Å². The second-order valence-electron chi connectivity index (χ2n) is 14.0. The Morgan fingerprint density at radius 1 is 0.640 bits per heavy atom. The van der Waals surface area contributed by atoms with E-state index in [0.29, 0.717) is 38.3 Å². The highest BCUT2D eigenvalue weighted by molar-refractivity contribution is 6.04. The number of rotatable bonds is 22. The summed E-state index contributed by atoms with van der Waals surface area (Å²) in [5.74, 6) is -1.22. The predicted octanol–water partition coefficient (Wildman–Crippen LogP) is 0.851. The van der Waals surface area contributed by atoms with Crippen molar-refractivity contribution in [2.45, 2.75) is 87.1 Å². The van der Waals surface area contributed by atoms with Gasteiger partial charge in [-0.15, -0.1) is 0 Å². The molecule has 2 rings (SSSR count). The Balaban J connectivity index is 0.000000502. The summed E-state index contributed by atoms with van der Waals surface area (Å²) >= 11 is 0. The number of carbonyl (C=O) groups is 7. The first-order valence-electron chi connectivity index (χ1n) is 17.9. The van der Waals surface area contributed by atoms with Gasteiger partial charge in [-0.3, -0.25) is 43.4 Å². The first-order chi connectivity index (χ1) is 23.5. The molecular weight excluding hydrogens is 648 g/mol. The molecule has 0 radical (unpaired) electrons. The molecule has 15 heteroatoms. The number of amides is 7. The molecule has 0 saturated carbocycles. The van der Waals surface area contributed by atoms with Gasteiger partial charge in [-0.05, 0) is 17.8 Å². The fraction of sp³-hybridized carbons (Fsp3) is 0.800. The van der Waals surface area contributed by atoms with Crippen molar-refractivity contribution >= 4 is 41.4 Å². The highest BCUT2D eigenvalue weighted by atomic mass is 16.5. The normalized spacial score (nSPS) is 17.7. The summed E-state index contributed by atoms with van der Waals surface area (Å²) in [4.78, 5) is 85.4. The molecule has 0 aliphatic carbocycles. The number of ether oxygens (including phenoxy) is 2. The SMILES string of the molecule is CC(C)CNC(=O)COCCNC(=O)CCN1C(=O)CC(C(C)C)C1=O.CC(C)NCCOCCNC(=O)CCN1C(=O)CC(C(C)C)C1=O. The smallest absolute Gasteiger partial charge is 0.246 e. The van der Waals surface area contributed by atoms with E-state index in [4.69, 9.17) is 9.47 Å². The highest BCUT2D eigenvalue weighted by Gasteiger charge is 2.40. The van der Waals surface area contributed by atoms with Gasteiger partial charge in [0, 0.05) is 82.8 Å². The number of hydrogen-bond donors (Lipinski definition) is 4. The Morgan fingerprint density at radius 2 is 1.08 bits per heavy atom. The summed E-state index contributed by atoms with van der Waals surface area (Å²) in [6, 6.07) is 0.430. The summed E-state index contributed by atoms with van der Waals surface area (Å²) in [6.07, 6.45) is 0.690. The Hall–Kier alpha value is -3.43. The van der Waals surface area contributed by atoms with Crippen molar-refractivity contribution in [2.24, 2.45) is 29.6 Å². The largest absolute Gasteiger partial charge is 0.378 e. The van der Waals surface area contributed by atoms with Crippen LogP contribution in [0, 0.1) is 29.6 Å². The molecule has 2 fully saturated rings. The number of carbonyl (C=O) groups excluding carboxylic acids is 7. The van der Waals surface area contributed by atoms with E-state index >= 15 is 0 Å². The maximum absolute atomic E-state index is 12.1. The molecule has 2 atom stereocenters. The van der Waals surface area contributed by atoms with Crippen molar-refractivity contribution in [3.63, 3.8) is 0 Å². The molecule has 2 unspecified atom stereocenters. The van der Waals surface area contributed by atoms with Crippen LogP contribution in [0.2, 0.25) is 0 Å². The number of nitrogens with one attached hydrogen (secondary N) is 4. The summed E-state index contributed by atoms with van der Waals surface area (Å²) in [7, 11) is 0. The first kappa shape index (κ1) is 44.6. The Morgan fingerprint density at radius 3 is 1.48 bits per heavy atom. The number of nitrogens with zero attached hydrogens (tertiary/aromatic N) is 2. The van der Waals surface area contributed by atoms with Gasteiger partial charge < -0.3 is 30.7 Å². The fourth-order valence-electron chi connectivity index (χ4n) is 5.11. The molecule has 0 aromatic carbocycles. The molecular formula is C35H62N6O9. The standard InChI is InChI=1S/C18H31N3O5.C17H31N3O4/c1-12(2)10-20-16(23)11-26-8-6-19-15(22)5-7-21-17(24)9-14(13(3)4)18(21)25;1-12(2)14-11-16(22)20(17(14)23)8-5-15(21)19-7-10-24-9-6-18-13(3)4/h12-14H,5-11H2,1-4H3,(H,19,22)(H,20,23);12-14,18H,5-11H2,1-4H3,(H,19,21). The van der Waals surface area contributed by atoms with Crippen LogP contribution in [0.25, 0.3) is 0 Å².